The van der Waals surface area contributed by atoms with Gasteiger partial charge in [0.05, 0.1) is 42.0 Å². The molecule has 0 atom stereocenters. The van der Waals surface area contributed by atoms with Gasteiger partial charge in [-0.3, -0.25) is 14.9 Å². The second kappa shape index (κ2) is 8.15. The zero-order chi connectivity index (χ0) is 22.2. The maximum atomic E-state index is 13.6. The van der Waals surface area contributed by atoms with Crippen molar-refractivity contribution in [1.29, 1.82) is 0 Å². The molecule has 0 N–H and O–H groups in total. The minimum absolute atomic E-state index is 0.0320. The number of nitrogens with zero attached hydrogens (tertiary/aromatic N) is 5. The van der Waals surface area contributed by atoms with E-state index in [9.17, 15) is 19.3 Å². The molecule has 0 unspecified atom stereocenters. The molecule has 0 aliphatic heterocycles. The number of halogens is 1. The average molecular weight is 484 g/mol. The summed E-state index contributed by atoms with van der Waals surface area (Å²) in [6, 6.07) is 12.2. The third kappa shape index (κ3) is 3.86. The van der Waals surface area contributed by atoms with Crippen molar-refractivity contribution in [3.8, 4) is 0 Å². The van der Waals surface area contributed by atoms with Crippen LogP contribution in [0.4, 0.5) is 14.5 Å². The third-order valence-corrected chi connectivity index (χ3v) is 7.14. The van der Waals surface area contributed by atoms with Crippen LogP contribution in [0.5, 0.6) is 0 Å². The summed E-state index contributed by atoms with van der Waals surface area (Å²) < 4.78 is 15.1. The first-order valence-corrected chi connectivity index (χ1v) is 11.5. The Morgan fingerprint density at radius 3 is 2.75 bits per heavy atom. The van der Waals surface area contributed by atoms with E-state index < -0.39 is 16.6 Å². The Kier molecular flexibility index (Phi) is 5.17. The van der Waals surface area contributed by atoms with Gasteiger partial charge in [0.1, 0.15) is 5.82 Å². The maximum absolute atomic E-state index is 13.6. The van der Waals surface area contributed by atoms with E-state index in [1.807, 2.05) is 0 Å². The zero-order valence-corrected chi connectivity index (χ0v) is 18.3. The fraction of sp³-hybridized carbons (Fsp3) is 0. The van der Waals surface area contributed by atoms with E-state index in [2.05, 4.69) is 15.1 Å². The van der Waals surface area contributed by atoms with E-state index >= 15 is 0 Å². The molecule has 3 aromatic heterocycles. The number of anilines is 1. The SMILES string of the molecule is O=C(c1ccc2ncsc2c1)N(/N=C/c1ccc([N+](=O)[O-])s1)c1nc2ccc(F)cc2s1. The number of hydrazone groups is 1. The number of hydrogen-bond donors (Lipinski definition) is 0. The normalized spacial score (nSPS) is 11.5. The molecule has 1 amide bonds. The first-order chi connectivity index (χ1) is 15.5. The van der Waals surface area contributed by atoms with Crippen LogP contribution in [0.1, 0.15) is 15.2 Å². The molecule has 5 rings (SSSR count). The Hall–Kier alpha value is -3.61. The molecule has 0 radical (unpaired) electrons. The lowest BCUT2D eigenvalue weighted by Gasteiger charge is -2.13. The number of nitro groups is 1. The van der Waals surface area contributed by atoms with Gasteiger partial charge in [0.15, 0.2) is 0 Å². The number of amides is 1. The van der Waals surface area contributed by atoms with Crippen LogP contribution in [0.25, 0.3) is 20.4 Å². The largest absolute Gasteiger partial charge is 0.324 e. The summed E-state index contributed by atoms with van der Waals surface area (Å²) in [5, 5.41) is 16.6. The smallest absolute Gasteiger partial charge is 0.267 e. The van der Waals surface area contributed by atoms with Crippen molar-refractivity contribution in [1.82, 2.24) is 9.97 Å². The summed E-state index contributed by atoms with van der Waals surface area (Å²) in [6.45, 7) is 0. The third-order valence-electron chi connectivity index (χ3n) is 4.38. The Bertz CT molecular complexity index is 1520. The molecule has 158 valence electrons. The highest BCUT2D eigenvalue weighted by Gasteiger charge is 2.22. The average Bonchev–Trinajstić information content (AvgIpc) is 3.52. The molecule has 0 bridgehead atoms. The highest BCUT2D eigenvalue weighted by molar-refractivity contribution is 7.22. The van der Waals surface area contributed by atoms with Crippen molar-refractivity contribution in [2.45, 2.75) is 0 Å². The Morgan fingerprint density at radius 2 is 1.94 bits per heavy atom. The number of carbonyl (C=O) groups is 1. The van der Waals surface area contributed by atoms with Crippen LogP contribution < -0.4 is 5.01 Å². The van der Waals surface area contributed by atoms with E-state index in [4.69, 9.17) is 0 Å². The number of benzene rings is 2. The van der Waals surface area contributed by atoms with Gasteiger partial charge in [0, 0.05) is 11.6 Å². The van der Waals surface area contributed by atoms with Crippen molar-refractivity contribution < 1.29 is 14.1 Å². The Labute approximate surface area is 191 Å². The monoisotopic (exact) mass is 483 g/mol. The van der Waals surface area contributed by atoms with Gasteiger partial charge >= 0.3 is 5.00 Å². The Balaban J connectivity index is 1.56. The van der Waals surface area contributed by atoms with Crippen molar-refractivity contribution in [3.05, 3.63) is 80.4 Å². The lowest BCUT2D eigenvalue weighted by Crippen LogP contribution is -2.25. The first-order valence-electron chi connectivity index (χ1n) is 9.00. The zero-order valence-electron chi connectivity index (χ0n) is 15.8. The van der Waals surface area contributed by atoms with Crippen LogP contribution in [0, 0.1) is 15.9 Å². The molecule has 0 saturated heterocycles. The summed E-state index contributed by atoms with van der Waals surface area (Å²) >= 11 is 3.47. The molecule has 5 aromatic rings. The van der Waals surface area contributed by atoms with Crippen molar-refractivity contribution in [2.75, 3.05) is 5.01 Å². The fourth-order valence-electron chi connectivity index (χ4n) is 2.90. The van der Waals surface area contributed by atoms with Gasteiger partial charge in [-0.25, -0.2) is 14.4 Å². The van der Waals surface area contributed by atoms with Gasteiger partial charge in [-0.15, -0.1) is 11.3 Å². The number of hydrogen-bond acceptors (Lipinski definition) is 9. The van der Waals surface area contributed by atoms with Crippen LogP contribution in [-0.4, -0.2) is 27.0 Å². The van der Waals surface area contributed by atoms with E-state index in [0.717, 1.165) is 37.9 Å². The summed E-state index contributed by atoms with van der Waals surface area (Å²) in [5.41, 5.74) is 3.38. The predicted molar refractivity (Wildman–Crippen MR) is 125 cm³/mol. The minimum atomic E-state index is -0.489. The molecular formula is C20H10FN5O3S3. The van der Waals surface area contributed by atoms with Gasteiger partial charge < -0.3 is 0 Å². The maximum Gasteiger partial charge on any atom is 0.324 e. The van der Waals surface area contributed by atoms with Gasteiger partial charge in [-0.05, 0) is 42.5 Å². The molecule has 8 nitrogen and oxygen atoms in total. The number of carbonyl (C=O) groups excluding carboxylic acids is 1. The quantitative estimate of drug-likeness (QED) is 0.181. The lowest BCUT2D eigenvalue weighted by atomic mass is 10.2. The molecule has 0 fully saturated rings. The van der Waals surface area contributed by atoms with Crippen LogP contribution in [0.3, 0.4) is 0 Å². The highest BCUT2D eigenvalue weighted by Crippen LogP contribution is 2.31. The fourth-order valence-corrected chi connectivity index (χ4v) is 5.25. The molecule has 0 spiro atoms. The second-order valence-corrected chi connectivity index (χ2v) is 9.43. The lowest BCUT2D eigenvalue weighted by molar-refractivity contribution is -0.380. The van der Waals surface area contributed by atoms with Crippen molar-refractivity contribution in [3.63, 3.8) is 0 Å². The summed E-state index contributed by atoms with van der Waals surface area (Å²) in [7, 11) is 0. The second-order valence-electron chi connectivity index (χ2n) is 6.44. The van der Waals surface area contributed by atoms with Crippen LogP contribution in [-0.2, 0) is 0 Å². The molecule has 0 aliphatic carbocycles. The van der Waals surface area contributed by atoms with E-state index in [0.29, 0.717) is 20.7 Å². The van der Waals surface area contributed by atoms with Crippen LogP contribution in [0.15, 0.2) is 59.1 Å². The molecule has 0 saturated carbocycles. The molecule has 32 heavy (non-hydrogen) atoms. The van der Waals surface area contributed by atoms with Gasteiger partial charge in [-0.2, -0.15) is 10.1 Å². The predicted octanol–water partition coefficient (Wildman–Crippen LogP) is 5.70. The summed E-state index contributed by atoms with van der Waals surface area (Å²) in [4.78, 5) is 33.0. The molecule has 2 aromatic carbocycles. The van der Waals surface area contributed by atoms with E-state index in [1.165, 1.54) is 41.8 Å². The van der Waals surface area contributed by atoms with Gasteiger partial charge in [-0.1, -0.05) is 22.7 Å². The van der Waals surface area contributed by atoms with Crippen molar-refractivity contribution >= 4 is 76.7 Å². The number of fused-ring (bicyclic) bond motifs is 2. The number of thiophene rings is 1. The first kappa shape index (κ1) is 20.3. The minimum Gasteiger partial charge on any atom is -0.267 e. The van der Waals surface area contributed by atoms with Gasteiger partial charge in [0.25, 0.3) is 5.91 Å². The molecular weight excluding hydrogens is 473 g/mol. The molecule has 12 heteroatoms. The number of thiazole rings is 2. The van der Waals surface area contributed by atoms with Crippen LogP contribution in [0.2, 0.25) is 0 Å². The van der Waals surface area contributed by atoms with Crippen molar-refractivity contribution in [2.24, 2.45) is 5.10 Å². The van der Waals surface area contributed by atoms with Gasteiger partial charge in [0.2, 0.25) is 5.13 Å². The number of aromatic nitrogens is 2. The summed E-state index contributed by atoms with van der Waals surface area (Å²) in [5.74, 6) is -0.849. The highest BCUT2D eigenvalue weighted by atomic mass is 32.1. The standard InChI is InChI=1S/C20H10FN5O3S3/c21-12-2-5-15-17(8-12)32-20(24-15)25(23-9-13-3-6-18(31-13)26(28)29)19(27)11-1-4-14-16(7-11)30-10-22-14/h1-10H/b23-9+. The molecule has 3 heterocycles. The molecule has 0 aliphatic rings. The van der Waals surface area contributed by atoms with Crippen LogP contribution >= 0.6 is 34.0 Å². The van der Waals surface area contributed by atoms with E-state index in [-0.39, 0.29) is 10.1 Å². The Morgan fingerprint density at radius 1 is 1.09 bits per heavy atom. The number of rotatable bonds is 5. The topological polar surface area (TPSA) is 102 Å². The summed E-state index contributed by atoms with van der Waals surface area (Å²) in [6.07, 6.45) is 1.37. The van der Waals surface area contributed by atoms with E-state index in [1.54, 1.807) is 29.8 Å².